The fourth-order valence-electron chi connectivity index (χ4n) is 3.10. The molecule has 3 aromatic heterocycles. The van der Waals surface area contributed by atoms with E-state index in [9.17, 15) is 13.2 Å². The number of carbonyl (C=O) groups is 1. The van der Waals surface area contributed by atoms with E-state index in [1.165, 1.54) is 21.7 Å². The average molecular weight is 412 g/mol. The summed E-state index contributed by atoms with van der Waals surface area (Å²) >= 11 is 1.83. The van der Waals surface area contributed by atoms with Crippen molar-refractivity contribution in [1.29, 1.82) is 0 Å². The first kappa shape index (κ1) is 20.2. The highest BCUT2D eigenvalue weighted by Gasteiger charge is 2.38. The van der Waals surface area contributed by atoms with E-state index in [1.807, 2.05) is 23.1 Å². The molecule has 10 heteroatoms. The minimum absolute atomic E-state index is 0.954. The number of nitrogens with zero attached hydrogens (tertiary/aromatic N) is 4. The lowest BCUT2D eigenvalue weighted by Gasteiger charge is -2.20. The predicted molar refractivity (Wildman–Crippen MR) is 98.6 cm³/mol. The van der Waals surface area contributed by atoms with Gasteiger partial charge in [0.15, 0.2) is 0 Å². The van der Waals surface area contributed by atoms with Crippen LogP contribution in [0.2, 0.25) is 0 Å². The number of alkyl halides is 3. The monoisotopic (exact) mass is 412 g/mol. The number of halogens is 3. The first-order valence-electron chi connectivity index (χ1n) is 8.37. The maximum atomic E-state index is 10.6. The maximum Gasteiger partial charge on any atom is 0.490 e. The van der Waals surface area contributed by atoms with E-state index in [2.05, 4.69) is 57.6 Å². The number of aromatic nitrogens is 3. The Kier molecular flexibility index (Phi) is 5.61. The molecule has 150 valence electrons. The van der Waals surface area contributed by atoms with Gasteiger partial charge in [-0.05, 0) is 17.5 Å². The van der Waals surface area contributed by atoms with Crippen LogP contribution < -0.4 is 0 Å². The second-order valence-corrected chi connectivity index (χ2v) is 7.52. The van der Waals surface area contributed by atoms with Gasteiger partial charge in [0.05, 0.1) is 5.69 Å². The van der Waals surface area contributed by atoms with Crippen molar-refractivity contribution in [1.82, 2.24) is 19.2 Å². The fourth-order valence-corrected chi connectivity index (χ4v) is 3.84. The summed E-state index contributed by atoms with van der Waals surface area (Å²) in [6, 6.07) is 6.53. The van der Waals surface area contributed by atoms with Crippen LogP contribution in [0, 0.1) is 0 Å². The average Bonchev–Trinajstić information content (AvgIpc) is 3.28. The quantitative estimate of drug-likeness (QED) is 0.698. The fraction of sp³-hybridized carbons (Fsp3) is 0.333. The van der Waals surface area contributed by atoms with Crippen molar-refractivity contribution in [3.05, 3.63) is 52.1 Å². The topological polar surface area (TPSA) is 63.3 Å². The number of thiophene rings is 1. The van der Waals surface area contributed by atoms with Gasteiger partial charge in [-0.1, -0.05) is 6.07 Å². The number of carboxylic acids is 1. The standard InChI is InChI=1S/C16H18N4S.C2HF3O2/c1-18-6-5-14-15(18)11-20(10-13-4-3-7-21-13)9-12-8-19(2)17-16(12)14;3-2(4,5)1(6)7/h3-8H,9-11H2,1-2H3;(H,6,7). The molecule has 0 radical (unpaired) electrons. The first-order valence-corrected chi connectivity index (χ1v) is 9.25. The molecule has 0 unspecified atom stereocenters. The molecule has 0 fully saturated rings. The van der Waals surface area contributed by atoms with Crippen LogP contribution >= 0.6 is 11.3 Å². The van der Waals surface area contributed by atoms with Crippen LogP contribution in [-0.2, 0) is 38.5 Å². The second-order valence-electron chi connectivity index (χ2n) is 6.49. The smallest absolute Gasteiger partial charge is 0.475 e. The SMILES string of the molecule is Cn1cc2c(n1)-c1ccn(C)c1CN(Cc1cccs1)C2.O=C(O)C(F)(F)F. The first-order chi connectivity index (χ1) is 13.1. The Hall–Kier alpha value is -2.59. The molecule has 28 heavy (non-hydrogen) atoms. The van der Waals surface area contributed by atoms with Crippen LogP contribution in [0.3, 0.4) is 0 Å². The summed E-state index contributed by atoms with van der Waals surface area (Å²) in [6.45, 7) is 2.92. The van der Waals surface area contributed by atoms with E-state index in [0.29, 0.717) is 0 Å². The normalized spacial score (nSPS) is 13.9. The molecule has 6 nitrogen and oxygen atoms in total. The van der Waals surface area contributed by atoms with Gasteiger partial charge in [-0.3, -0.25) is 9.58 Å². The number of fused-ring (bicyclic) bond motifs is 3. The van der Waals surface area contributed by atoms with Crippen LogP contribution in [0.15, 0.2) is 36.0 Å². The Bertz CT molecular complexity index is 960. The summed E-state index contributed by atoms with van der Waals surface area (Å²) in [5, 5.41) is 14.0. The zero-order chi connectivity index (χ0) is 20.5. The van der Waals surface area contributed by atoms with Crippen LogP contribution in [0.5, 0.6) is 0 Å². The second kappa shape index (κ2) is 7.80. The molecule has 0 spiro atoms. The molecule has 4 rings (SSSR count). The molecular formula is C18H19F3N4O2S. The molecule has 0 saturated heterocycles. The Balaban J connectivity index is 0.000000279. The van der Waals surface area contributed by atoms with E-state index in [4.69, 9.17) is 9.90 Å². The summed E-state index contributed by atoms with van der Waals surface area (Å²) in [5.41, 5.74) is 5.09. The van der Waals surface area contributed by atoms with Crippen molar-refractivity contribution in [2.24, 2.45) is 14.1 Å². The summed E-state index contributed by atoms with van der Waals surface area (Å²) in [5.74, 6) is -2.76. The Morgan fingerprint density at radius 1 is 1.29 bits per heavy atom. The lowest BCUT2D eigenvalue weighted by molar-refractivity contribution is -0.192. The van der Waals surface area contributed by atoms with Gasteiger partial charge in [-0.2, -0.15) is 18.3 Å². The van der Waals surface area contributed by atoms with E-state index in [-0.39, 0.29) is 0 Å². The van der Waals surface area contributed by atoms with Crippen LogP contribution in [-0.4, -0.2) is 36.5 Å². The van der Waals surface area contributed by atoms with Gasteiger partial charge in [0.25, 0.3) is 0 Å². The molecule has 4 heterocycles. The highest BCUT2D eigenvalue weighted by atomic mass is 32.1. The Labute approximate surface area is 163 Å². The summed E-state index contributed by atoms with van der Waals surface area (Å²) in [7, 11) is 4.12. The van der Waals surface area contributed by atoms with Crippen LogP contribution in [0.25, 0.3) is 11.3 Å². The number of aryl methyl sites for hydroxylation is 2. The number of hydrogen-bond donors (Lipinski definition) is 1. The minimum Gasteiger partial charge on any atom is -0.475 e. The number of hydrogen-bond acceptors (Lipinski definition) is 4. The lowest BCUT2D eigenvalue weighted by atomic mass is 10.1. The molecule has 0 atom stereocenters. The predicted octanol–water partition coefficient (Wildman–Crippen LogP) is 3.64. The van der Waals surface area contributed by atoms with Gasteiger partial charge in [0.1, 0.15) is 0 Å². The molecular weight excluding hydrogens is 393 g/mol. The molecule has 0 bridgehead atoms. The molecule has 0 saturated carbocycles. The van der Waals surface area contributed by atoms with Crippen molar-refractivity contribution < 1.29 is 23.1 Å². The molecule has 0 aliphatic carbocycles. The Morgan fingerprint density at radius 2 is 2.00 bits per heavy atom. The molecule has 1 aliphatic heterocycles. The minimum atomic E-state index is -5.08. The molecule has 1 aliphatic rings. The van der Waals surface area contributed by atoms with Crippen molar-refractivity contribution >= 4 is 17.3 Å². The number of carboxylic acid groups (broad SMARTS) is 1. The molecule has 3 aromatic rings. The zero-order valence-corrected chi connectivity index (χ0v) is 16.1. The van der Waals surface area contributed by atoms with Crippen molar-refractivity contribution in [3.63, 3.8) is 0 Å². The summed E-state index contributed by atoms with van der Waals surface area (Å²) in [4.78, 5) is 12.8. The highest BCUT2D eigenvalue weighted by Crippen LogP contribution is 2.32. The van der Waals surface area contributed by atoms with E-state index < -0.39 is 12.1 Å². The maximum absolute atomic E-state index is 10.6. The molecule has 1 N–H and O–H groups in total. The largest absolute Gasteiger partial charge is 0.490 e. The summed E-state index contributed by atoms with van der Waals surface area (Å²) in [6.07, 6.45) is -0.795. The zero-order valence-electron chi connectivity index (χ0n) is 15.3. The van der Waals surface area contributed by atoms with E-state index in [1.54, 1.807) is 0 Å². The van der Waals surface area contributed by atoms with Gasteiger partial charge >= 0.3 is 12.1 Å². The van der Waals surface area contributed by atoms with Crippen molar-refractivity contribution in [3.8, 4) is 11.3 Å². The van der Waals surface area contributed by atoms with Gasteiger partial charge in [0.2, 0.25) is 0 Å². The van der Waals surface area contributed by atoms with Crippen molar-refractivity contribution in [2.45, 2.75) is 25.8 Å². The highest BCUT2D eigenvalue weighted by molar-refractivity contribution is 7.09. The van der Waals surface area contributed by atoms with Crippen molar-refractivity contribution in [2.75, 3.05) is 0 Å². The Morgan fingerprint density at radius 3 is 2.61 bits per heavy atom. The molecule has 0 amide bonds. The van der Waals surface area contributed by atoms with E-state index in [0.717, 1.165) is 25.3 Å². The van der Waals surface area contributed by atoms with Gasteiger partial charge < -0.3 is 9.67 Å². The van der Waals surface area contributed by atoms with Gasteiger partial charge in [-0.25, -0.2) is 4.79 Å². The molecule has 0 aromatic carbocycles. The summed E-state index contributed by atoms with van der Waals surface area (Å²) < 4.78 is 35.9. The van der Waals surface area contributed by atoms with Crippen LogP contribution in [0.1, 0.15) is 16.1 Å². The number of rotatable bonds is 2. The lowest BCUT2D eigenvalue weighted by Crippen LogP contribution is -2.22. The van der Waals surface area contributed by atoms with Gasteiger partial charge in [0, 0.05) is 67.8 Å². The van der Waals surface area contributed by atoms with E-state index >= 15 is 0 Å². The number of aliphatic carboxylic acids is 1. The van der Waals surface area contributed by atoms with Gasteiger partial charge in [-0.15, -0.1) is 11.3 Å². The third-order valence-corrected chi connectivity index (χ3v) is 5.19. The van der Waals surface area contributed by atoms with Crippen LogP contribution in [0.4, 0.5) is 13.2 Å². The third kappa shape index (κ3) is 4.45. The third-order valence-electron chi connectivity index (χ3n) is 4.33.